The molecule has 1 heterocycles. The van der Waals surface area contributed by atoms with Gasteiger partial charge in [0.2, 0.25) is 0 Å². The highest BCUT2D eigenvalue weighted by molar-refractivity contribution is 7.86. The van der Waals surface area contributed by atoms with E-state index in [1.807, 2.05) is 66.7 Å². The molecular weight excluding hydrogens is 494 g/mol. The van der Waals surface area contributed by atoms with Gasteiger partial charge in [0.25, 0.3) is 10.1 Å². The summed E-state index contributed by atoms with van der Waals surface area (Å²) in [7, 11) is -3.69. The topological polar surface area (TPSA) is 76.5 Å². The lowest BCUT2D eigenvalue weighted by atomic mass is 9.90. The number of nitrogens with zero attached hydrogens (tertiary/aromatic N) is 1. The van der Waals surface area contributed by atoms with Crippen LogP contribution >= 0.6 is 0 Å². The molecule has 0 aliphatic heterocycles. The number of rotatable bonds is 10. The summed E-state index contributed by atoms with van der Waals surface area (Å²) in [6, 6.07) is 25.8. The van der Waals surface area contributed by atoms with Crippen molar-refractivity contribution < 1.29 is 17.7 Å². The average Bonchev–Trinajstić information content (AvgIpc) is 2.88. The summed E-state index contributed by atoms with van der Waals surface area (Å²) in [4.78, 5) is 4.78. The second-order valence-electron chi connectivity index (χ2n) is 10.2. The van der Waals surface area contributed by atoms with Crippen molar-refractivity contribution in [3.63, 3.8) is 0 Å². The number of fused-ring (bicyclic) bond motifs is 1. The van der Waals surface area contributed by atoms with Crippen LogP contribution in [-0.2, 0) is 32.7 Å². The van der Waals surface area contributed by atoms with Crippen LogP contribution < -0.4 is 0 Å². The van der Waals surface area contributed by atoms with Gasteiger partial charge in [0.1, 0.15) is 6.10 Å². The van der Waals surface area contributed by atoms with Gasteiger partial charge in [-0.25, -0.2) is 4.98 Å². The van der Waals surface area contributed by atoms with Crippen molar-refractivity contribution >= 4 is 33.2 Å². The second-order valence-corrected chi connectivity index (χ2v) is 11.8. The van der Waals surface area contributed by atoms with Crippen LogP contribution in [0.5, 0.6) is 0 Å². The number of benzene rings is 3. The molecule has 1 unspecified atom stereocenters. The summed E-state index contributed by atoms with van der Waals surface area (Å²) < 4.78 is 29.8. The van der Waals surface area contributed by atoms with E-state index in [0.29, 0.717) is 12.8 Å². The van der Waals surface area contributed by atoms with Gasteiger partial charge in [0.15, 0.2) is 0 Å². The molecule has 0 aliphatic carbocycles. The highest BCUT2D eigenvalue weighted by Gasteiger charge is 2.22. The summed E-state index contributed by atoms with van der Waals surface area (Å²) >= 11 is 0. The molecule has 0 fully saturated rings. The molecule has 0 aliphatic rings. The summed E-state index contributed by atoms with van der Waals surface area (Å²) in [5.41, 5.74) is 5.56. The van der Waals surface area contributed by atoms with Gasteiger partial charge < -0.3 is 5.11 Å². The van der Waals surface area contributed by atoms with Crippen LogP contribution in [0.3, 0.4) is 0 Å². The highest BCUT2D eigenvalue weighted by atomic mass is 32.2. The van der Waals surface area contributed by atoms with E-state index in [9.17, 15) is 13.5 Å². The van der Waals surface area contributed by atoms with Crippen LogP contribution in [0, 0.1) is 0 Å². The lowest BCUT2D eigenvalue weighted by Gasteiger charge is -2.23. The van der Waals surface area contributed by atoms with Crippen LogP contribution in [0.2, 0.25) is 0 Å². The zero-order chi connectivity index (χ0) is 27.3. The maximum Gasteiger partial charge on any atom is 0.264 e. The predicted molar refractivity (Wildman–Crippen MR) is 155 cm³/mol. The lowest BCUT2D eigenvalue weighted by molar-refractivity contribution is 0.0773. The van der Waals surface area contributed by atoms with Crippen LogP contribution in [-0.4, -0.2) is 24.8 Å². The number of hydrogen-bond donors (Lipinski definition) is 1. The van der Waals surface area contributed by atoms with Crippen LogP contribution in [0.15, 0.2) is 78.9 Å². The van der Waals surface area contributed by atoms with Gasteiger partial charge >= 0.3 is 0 Å². The van der Waals surface area contributed by atoms with E-state index in [1.165, 1.54) is 5.56 Å². The average molecular weight is 530 g/mol. The molecule has 1 atom stereocenters. The van der Waals surface area contributed by atoms with Crippen molar-refractivity contribution in [2.45, 2.75) is 51.7 Å². The number of aliphatic hydroxyl groups is 1. The van der Waals surface area contributed by atoms with Crippen LogP contribution in [0.1, 0.15) is 66.8 Å². The summed E-state index contributed by atoms with van der Waals surface area (Å²) in [5, 5.41) is 11.7. The Morgan fingerprint density at radius 2 is 1.74 bits per heavy atom. The van der Waals surface area contributed by atoms with Crippen molar-refractivity contribution in [3.8, 4) is 0 Å². The molecule has 0 bridgehead atoms. The molecule has 0 saturated heterocycles. The molecule has 38 heavy (non-hydrogen) atoms. The predicted octanol–water partition coefficient (Wildman–Crippen LogP) is 6.85. The number of aryl methyl sites for hydroxylation is 2. The van der Waals surface area contributed by atoms with E-state index < -0.39 is 21.8 Å². The molecule has 1 N–H and O–H groups in total. The van der Waals surface area contributed by atoms with E-state index in [2.05, 4.69) is 31.2 Å². The van der Waals surface area contributed by atoms with Gasteiger partial charge in [-0.05, 0) is 85.2 Å². The van der Waals surface area contributed by atoms with E-state index in [1.54, 1.807) is 13.8 Å². The molecule has 198 valence electrons. The molecule has 5 nitrogen and oxygen atoms in total. The SMILES string of the molecule is CCc1ccc2ccc(/C=C/c3cccc(C(CCc4ccccc4C(C)(C)O)OS(C)(=O)=O)c3)nc2c1. The molecule has 0 saturated carbocycles. The molecule has 4 rings (SSSR count). The van der Waals surface area contributed by atoms with E-state index in [-0.39, 0.29) is 0 Å². The van der Waals surface area contributed by atoms with Crippen molar-refractivity contribution in [1.29, 1.82) is 0 Å². The Kier molecular flexibility index (Phi) is 8.46. The minimum Gasteiger partial charge on any atom is -0.386 e. The molecular formula is C32H35NO4S. The zero-order valence-corrected chi connectivity index (χ0v) is 23.2. The summed E-state index contributed by atoms with van der Waals surface area (Å²) in [5.74, 6) is 0. The standard InChI is InChI=1S/C32H35NO4S/c1-5-23-13-15-26-16-19-28(33-30(26)22-23)18-14-24-9-8-11-27(21-24)31(37-38(4,35)36)20-17-25-10-6-7-12-29(25)32(2,3)34/h6-16,18-19,21-22,31,34H,5,17,20H2,1-4H3/b18-14+. The largest absolute Gasteiger partial charge is 0.386 e. The first-order valence-electron chi connectivity index (χ1n) is 12.9. The first-order chi connectivity index (χ1) is 18.0. The number of aromatic nitrogens is 1. The van der Waals surface area contributed by atoms with Crippen LogP contribution in [0.25, 0.3) is 23.1 Å². The highest BCUT2D eigenvalue weighted by Crippen LogP contribution is 2.30. The fraction of sp³-hybridized carbons (Fsp3) is 0.281. The third kappa shape index (κ3) is 7.38. The van der Waals surface area contributed by atoms with Crippen molar-refractivity contribution in [3.05, 3.63) is 112 Å². The first-order valence-corrected chi connectivity index (χ1v) is 14.7. The summed E-state index contributed by atoms with van der Waals surface area (Å²) in [6.07, 6.45) is 6.32. The maximum atomic E-state index is 12.1. The molecule has 0 spiro atoms. The van der Waals surface area contributed by atoms with Crippen molar-refractivity contribution in [1.82, 2.24) is 4.98 Å². The van der Waals surface area contributed by atoms with Gasteiger partial charge in [0, 0.05) is 5.39 Å². The van der Waals surface area contributed by atoms with Gasteiger partial charge in [-0.15, -0.1) is 0 Å². The molecule has 4 aromatic rings. The van der Waals surface area contributed by atoms with Crippen molar-refractivity contribution in [2.24, 2.45) is 0 Å². The van der Waals surface area contributed by atoms with Gasteiger partial charge in [0.05, 0.1) is 23.1 Å². The van der Waals surface area contributed by atoms with E-state index in [4.69, 9.17) is 9.17 Å². The quantitative estimate of drug-likeness (QED) is 0.228. The number of hydrogen-bond acceptors (Lipinski definition) is 5. The first kappa shape index (κ1) is 27.7. The van der Waals surface area contributed by atoms with Crippen molar-refractivity contribution in [2.75, 3.05) is 6.26 Å². The third-order valence-electron chi connectivity index (χ3n) is 6.56. The Labute approximate surface area is 226 Å². The van der Waals surface area contributed by atoms with E-state index in [0.717, 1.165) is 51.5 Å². The lowest BCUT2D eigenvalue weighted by Crippen LogP contribution is -2.18. The van der Waals surface area contributed by atoms with E-state index >= 15 is 0 Å². The third-order valence-corrected chi connectivity index (χ3v) is 7.14. The fourth-order valence-corrected chi connectivity index (χ4v) is 5.27. The fourth-order valence-electron chi connectivity index (χ4n) is 4.64. The minimum absolute atomic E-state index is 0.444. The maximum absolute atomic E-state index is 12.1. The number of pyridine rings is 1. The Hall–Kier alpha value is -3.32. The van der Waals surface area contributed by atoms with Crippen LogP contribution in [0.4, 0.5) is 0 Å². The normalized spacial score (nSPS) is 13.3. The smallest absolute Gasteiger partial charge is 0.264 e. The summed E-state index contributed by atoms with van der Waals surface area (Å²) in [6.45, 7) is 5.63. The Bertz CT molecular complexity index is 1550. The van der Waals surface area contributed by atoms with Gasteiger partial charge in [-0.1, -0.05) is 73.7 Å². The Morgan fingerprint density at radius 3 is 2.47 bits per heavy atom. The second kappa shape index (κ2) is 11.6. The Balaban J connectivity index is 1.58. The zero-order valence-electron chi connectivity index (χ0n) is 22.4. The van der Waals surface area contributed by atoms with Gasteiger partial charge in [-0.2, -0.15) is 8.42 Å². The Morgan fingerprint density at radius 1 is 0.974 bits per heavy atom. The monoisotopic (exact) mass is 529 g/mol. The molecule has 0 amide bonds. The molecule has 0 radical (unpaired) electrons. The van der Waals surface area contributed by atoms with Gasteiger partial charge in [-0.3, -0.25) is 4.18 Å². The molecule has 1 aromatic heterocycles. The minimum atomic E-state index is -3.69. The molecule has 3 aromatic carbocycles. The molecule has 6 heteroatoms.